The minimum Gasteiger partial charge on any atom is -0.468 e. The second kappa shape index (κ2) is 8.42. The van der Waals surface area contributed by atoms with Gasteiger partial charge in [-0.25, -0.2) is 0 Å². The Morgan fingerprint density at radius 3 is 2.85 bits per heavy atom. The number of carbonyl (C=O) groups is 1. The summed E-state index contributed by atoms with van der Waals surface area (Å²) in [5.74, 6) is 0.597. The average Bonchev–Trinajstić information content (AvgIpc) is 2.44. The molecule has 0 aliphatic heterocycles. The van der Waals surface area contributed by atoms with E-state index in [2.05, 4.69) is 10.1 Å². The van der Waals surface area contributed by atoms with Gasteiger partial charge in [0.05, 0.1) is 17.8 Å². The molecule has 0 unspecified atom stereocenters. The van der Waals surface area contributed by atoms with Crippen LogP contribution in [0, 0.1) is 10.1 Å². The van der Waals surface area contributed by atoms with Crippen molar-refractivity contribution in [2.75, 3.05) is 24.7 Å². The first-order chi connectivity index (χ1) is 9.58. The molecule has 0 aromatic heterocycles. The van der Waals surface area contributed by atoms with E-state index >= 15 is 0 Å². The molecule has 0 fully saturated rings. The van der Waals surface area contributed by atoms with Crippen molar-refractivity contribution in [3.8, 4) is 0 Å². The summed E-state index contributed by atoms with van der Waals surface area (Å²) in [7, 11) is 1.35. The van der Waals surface area contributed by atoms with Gasteiger partial charge >= 0.3 is 5.97 Å². The normalized spacial score (nSPS) is 10.1. The molecule has 0 amide bonds. The van der Waals surface area contributed by atoms with Crippen LogP contribution < -0.4 is 5.32 Å². The van der Waals surface area contributed by atoms with Crippen LogP contribution in [0.4, 0.5) is 11.4 Å². The zero-order valence-corrected chi connectivity index (χ0v) is 12.4. The Hall–Kier alpha value is -1.76. The standard InChI is InChI=1S/C13H18N2O4S/c1-3-6-14-11-7-10(4-5-12(11)15(17)18)8-20-9-13(16)19-2/h4-5,7,14H,3,6,8-9H2,1-2H3. The Morgan fingerprint density at radius 1 is 1.50 bits per heavy atom. The van der Waals surface area contributed by atoms with E-state index in [0.717, 1.165) is 12.0 Å². The smallest absolute Gasteiger partial charge is 0.315 e. The first-order valence-electron chi connectivity index (χ1n) is 6.24. The summed E-state index contributed by atoms with van der Waals surface area (Å²) in [6.45, 7) is 2.68. The fraction of sp³-hybridized carbons (Fsp3) is 0.462. The number of rotatable bonds is 8. The largest absolute Gasteiger partial charge is 0.468 e. The van der Waals surface area contributed by atoms with E-state index in [1.807, 2.05) is 6.92 Å². The Kier molecular flexibility index (Phi) is 6.86. The number of hydrogen-bond donors (Lipinski definition) is 1. The van der Waals surface area contributed by atoms with Crippen LogP contribution in [0.25, 0.3) is 0 Å². The minimum absolute atomic E-state index is 0.0696. The topological polar surface area (TPSA) is 81.5 Å². The van der Waals surface area contributed by atoms with Gasteiger partial charge in [-0.1, -0.05) is 13.0 Å². The lowest BCUT2D eigenvalue weighted by Gasteiger charge is -2.08. The summed E-state index contributed by atoms with van der Waals surface area (Å²) >= 11 is 1.41. The quantitative estimate of drug-likeness (QED) is 0.451. The average molecular weight is 298 g/mol. The molecular formula is C13H18N2O4S. The first kappa shape index (κ1) is 16.3. The fourth-order valence-corrected chi connectivity index (χ4v) is 2.35. The zero-order valence-electron chi connectivity index (χ0n) is 11.5. The second-order valence-electron chi connectivity index (χ2n) is 4.10. The number of ether oxygens (including phenoxy) is 1. The second-order valence-corrected chi connectivity index (χ2v) is 5.09. The van der Waals surface area contributed by atoms with Gasteiger partial charge in [0.15, 0.2) is 0 Å². The van der Waals surface area contributed by atoms with Crippen molar-refractivity contribution < 1.29 is 14.5 Å². The van der Waals surface area contributed by atoms with Crippen LogP contribution >= 0.6 is 11.8 Å². The van der Waals surface area contributed by atoms with E-state index in [1.165, 1.54) is 24.9 Å². The molecule has 110 valence electrons. The summed E-state index contributed by atoms with van der Waals surface area (Å²) < 4.78 is 4.55. The van der Waals surface area contributed by atoms with E-state index in [9.17, 15) is 14.9 Å². The van der Waals surface area contributed by atoms with Crippen LogP contribution in [0.5, 0.6) is 0 Å². The number of thioether (sulfide) groups is 1. The number of carbonyl (C=O) groups excluding carboxylic acids is 1. The summed E-state index contributed by atoms with van der Waals surface area (Å²) in [6, 6.07) is 4.96. The summed E-state index contributed by atoms with van der Waals surface area (Å²) in [4.78, 5) is 21.5. The van der Waals surface area contributed by atoms with Crippen LogP contribution in [0.2, 0.25) is 0 Å². The van der Waals surface area contributed by atoms with Crippen LogP contribution in [0.15, 0.2) is 18.2 Å². The third-order valence-electron chi connectivity index (χ3n) is 2.54. The van der Waals surface area contributed by atoms with Crippen molar-refractivity contribution >= 4 is 29.1 Å². The highest BCUT2D eigenvalue weighted by atomic mass is 32.2. The van der Waals surface area contributed by atoms with E-state index in [4.69, 9.17) is 0 Å². The van der Waals surface area contributed by atoms with Crippen LogP contribution in [0.1, 0.15) is 18.9 Å². The molecule has 20 heavy (non-hydrogen) atoms. The maximum absolute atomic E-state index is 11.0. The van der Waals surface area contributed by atoms with E-state index in [0.29, 0.717) is 18.0 Å². The molecule has 1 N–H and O–H groups in total. The Balaban J connectivity index is 2.73. The lowest BCUT2D eigenvalue weighted by atomic mass is 10.2. The maximum atomic E-state index is 11.0. The lowest BCUT2D eigenvalue weighted by molar-refractivity contribution is -0.384. The van der Waals surface area contributed by atoms with Gasteiger partial charge in [0.2, 0.25) is 0 Å². The van der Waals surface area contributed by atoms with Crippen molar-refractivity contribution in [3.05, 3.63) is 33.9 Å². The number of nitrogens with zero attached hydrogens (tertiary/aromatic N) is 1. The zero-order chi connectivity index (χ0) is 15.0. The van der Waals surface area contributed by atoms with Gasteiger partial charge in [-0.05, 0) is 18.1 Å². The Morgan fingerprint density at radius 2 is 2.25 bits per heavy atom. The molecule has 0 atom stereocenters. The summed E-state index contributed by atoms with van der Waals surface area (Å²) in [5.41, 5.74) is 1.52. The van der Waals surface area contributed by atoms with E-state index in [-0.39, 0.29) is 17.4 Å². The molecule has 1 rings (SSSR count). The molecule has 0 heterocycles. The van der Waals surface area contributed by atoms with Gasteiger partial charge in [0.1, 0.15) is 5.69 Å². The molecule has 6 nitrogen and oxygen atoms in total. The van der Waals surface area contributed by atoms with Gasteiger partial charge in [-0.2, -0.15) is 0 Å². The highest BCUT2D eigenvalue weighted by Crippen LogP contribution is 2.27. The number of hydrogen-bond acceptors (Lipinski definition) is 6. The van der Waals surface area contributed by atoms with Crippen LogP contribution in [-0.4, -0.2) is 30.3 Å². The molecular weight excluding hydrogens is 280 g/mol. The molecule has 0 aliphatic carbocycles. The molecule has 0 aliphatic rings. The van der Waals surface area contributed by atoms with Crippen LogP contribution in [0.3, 0.4) is 0 Å². The van der Waals surface area contributed by atoms with Gasteiger partial charge in [-0.3, -0.25) is 14.9 Å². The molecule has 0 bridgehead atoms. The van der Waals surface area contributed by atoms with Gasteiger partial charge in [-0.15, -0.1) is 11.8 Å². The number of nitro groups is 1. The summed E-state index contributed by atoms with van der Waals surface area (Å²) in [6.07, 6.45) is 0.887. The Bertz CT molecular complexity index is 479. The Labute approximate surface area is 122 Å². The molecule has 7 heteroatoms. The molecule has 0 saturated heterocycles. The first-order valence-corrected chi connectivity index (χ1v) is 7.39. The number of benzene rings is 1. The molecule has 1 aromatic carbocycles. The van der Waals surface area contributed by atoms with Crippen molar-refractivity contribution in [3.63, 3.8) is 0 Å². The maximum Gasteiger partial charge on any atom is 0.315 e. The highest BCUT2D eigenvalue weighted by Gasteiger charge is 2.13. The molecule has 1 aromatic rings. The number of esters is 1. The predicted octanol–water partition coefficient (Wildman–Crippen LogP) is 2.82. The third-order valence-corrected chi connectivity index (χ3v) is 3.52. The molecule has 0 spiro atoms. The van der Waals surface area contributed by atoms with Crippen molar-refractivity contribution in [2.45, 2.75) is 19.1 Å². The number of nitro benzene ring substituents is 1. The number of anilines is 1. The highest BCUT2D eigenvalue weighted by molar-refractivity contribution is 7.99. The molecule has 0 saturated carbocycles. The van der Waals surface area contributed by atoms with Crippen molar-refractivity contribution in [2.24, 2.45) is 0 Å². The van der Waals surface area contributed by atoms with E-state index < -0.39 is 4.92 Å². The predicted molar refractivity (Wildman–Crippen MR) is 80.1 cm³/mol. The fourth-order valence-electron chi connectivity index (χ4n) is 1.54. The van der Waals surface area contributed by atoms with Crippen molar-refractivity contribution in [1.29, 1.82) is 0 Å². The lowest BCUT2D eigenvalue weighted by Crippen LogP contribution is -2.05. The summed E-state index contributed by atoms with van der Waals surface area (Å²) in [5, 5.41) is 14.0. The van der Waals surface area contributed by atoms with Gasteiger partial charge in [0, 0.05) is 18.4 Å². The third kappa shape index (κ3) is 5.08. The van der Waals surface area contributed by atoms with Crippen LogP contribution in [-0.2, 0) is 15.3 Å². The SMILES string of the molecule is CCCNc1cc(CSCC(=O)OC)ccc1[N+](=O)[O-]. The monoisotopic (exact) mass is 298 g/mol. The van der Waals surface area contributed by atoms with Gasteiger partial charge in [0.25, 0.3) is 5.69 Å². The van der Waals surface area contributed by atoms with Crippen molar-refractivity contribution in [1.82, 2.24) is 0 Å². The minimum atomic E-state index is -0.399. The number of methoxy groups -OCH3 is 1. The van der Waals surface area contributed by atoms with E-state index in [1.54, 1.807) is 12.1 Å². The van der Waals surface area contributed by atoms with Gasteiger partial charge < -0.3 is 10.1 Å². The number of nitrogens with one attached hydrogen (secondary N) is 1. The molecule has 0 radical (unpaired) electrons.